The van der Waals surface area contributed by atoms with E-state index in [1.807, 2.05) is 39.4 Å². The number of carbonyl (C=O) groups excluding carboxylic acids is 1. The van der Waals surface area contributed by atoms with Gasteiger partial charge in [0.1, 0.15) is 19.3 Å². The first-order valence-corrected chi connectivity index (χ1v) is 24.5. The predicted molar refractivity (Wildman–Crippen MR) is 235 cm³/mol. The van der Waals surface area contributed by atoms with Crippen LogP contribution in [-0.4, -0.2) is 109 Å². The summed E-state index contributed by atoms with van der Waals surface area (Å²) < 4.78 is 35.0. The van der Waals surface area contributed by atoms with E-state index < -0.39 is 38.2 Å². The van der Waals surface area contributed by atoms with Crippen molar-refractivity contribution < 1.29 is 52.6 Å². The van der Waals surface area contributed by atoms with Gasteiger partial charge in [-0.3, -0.25) is 13.8 Å². The first-order chi connectivity index (χ1) is 27.8. The van der Waals surface area contributed by atoms with E-state index in [0.29, 0.717) is 49.7 Å². The van der Waals surface area contributed by atoms with E-state index >= 15 is 0 Å². The molecule has 1 aliphatic rings. The summed E-state index contributed by atoms with van der Waals surface area (Å²) >= 11 is 0. The van der Waals surface area contributed by atoms with Crippen LogP contribution in [0.3, 0.4) is 0 Å². The van der Waals surface area contributed by atoms with Crippen molar-refractivity contribution in [2.24, 2.45) is 11.8 Å². The Morgan fingerprint density at radius 3 is 1.98 bits per heavy atom. The largest absolute Gasteiger partial charge is 0.472 e. The molecule has 11 nitrogen and oxygen atoms in total. The number of phosphoric ester groups is 1. The van der Waals surface area contributed by atoms with Crippen LogP contribution in [0.5, 0.6) is 0 Å². The molecule has 0 aromatic rings. The van der Waals surface area contributed by atoms with Gasteiger partial charge in [-0.2, -0.15) is 0 Å². The molecule has 58 heavy (non-hydrogen) atoms. The van der Waals surface area contributed by atoms with Gasteiger partial charge in [0.05, 0.1) is 52.7 Å². The number of aliphatic hydroxyl groups excluding tert-OH is 3. The third-order valence-electron chi connectivity index (χ3n) is 10.7. The van der Waals surface area contributed by atoms with Gasteiger partial charge in [-0.15, -0.1) is 0 Å². The van der Waals surface area contributed by atoms with Gasteiger partial charge in [-0.25, -0.2) is 4.57 Å². The van der Waals surface area contributed by atoms with Crippen molar-refractivity contribution in [3.05, 3.63) is 36.5 Å². The molecule has 0 spiro atoms. The number of esters is 1. The summed E-state index contributed by atoms with van der Waals surface area (Å²) in [6.45, 7) is 5.17. The van der Waals surface area contributed by atoms with Gasteiger partial charge in [0.15, 0.2) is 0 Å². The van der Waals surface area contributed by atoms with E-state index in [-0.39, 0.29) is 38.1 Å². The zero-order valence-electron chi connectivity index (χ0n) is 37.4. The Hall–Kier alpha value is -1.40. The fourth-order valence-corrected chi connectivity index (χ4v) is 7.81. The van der Waals surface area contributed by atoms with Crippen molar-refractivity contribution in [3.8, 4) is 0 Å². The smallest absolute Gasteiger partial charge is 0.457 e. The summed E-state index contributed by atoms with van der Waals surface area (Å²) in [6, 6.07) is 0. The number of unbranched alkanes of at least 4 members (excludes halogenated alkanes) is 15. The van der Waals surface area contributed by atoms with Crippen LogP contribution in [0.2, 0.25) is 0 Å². The number of nitrogens with zero attached hydrogens (tertiary/aromatic N) is 1. The molecule has 0 radical (unpaired) electrons. The standard InChI is InChI=1S/C46H86NO10P/c1-6-8-10-11-12-13-14-15-16-17-18-19-20-21-24-28-35-54-38-41(39-56-58(52,53)55-36-34-47(3,4)5)57-46(51)31-27-23-22-26-30-42-43(45(50)37-44(42)49)33-32-40(48)29-25-9-7-2/h15-16,22,26,32-33,40-45,48-50H,6-14,17-21,23-25,27-31,34-39H2,1-5H3/p+1/b16-15-,26-22-,33-32+. The molecule has 0 aromatic heterocycles. The summed E-state index contributed by atoms with van der Waals surface area (Å²) in [4.78, 5) is 23.0. The molecule has 1 rings (SSSR count). The molecule has 0 aromatic carbocycles. The van der Waals surface area contributed by atoms with Gasteiger partial charge in [0, 0.05) is 25.4 Å². The van der Waals surface area contributed by atoms with E-state index in [2.05, 4.69) is 26.0 Å². The third-order valence-corrected chi connectivity index (χ3v) is 11.7. The second-order valence-electron chi connectivity index (χ2n) is 17.4. The molecule has 1 aliphatic carbocycles. The van der Waals surface area contributed by atoms with Crippen molar-refractivity contribution in [2.75, 3.05) is 54.1 Å². The van der Waals surface area contributed by atoms with Crippen LogP contribution in [0.4, 0.5) is 0 Å². The predicted octanol–water partition coefficient (Wildman–Crippen LogP) is 9.76. The Kier molecular flexibility index (Phi) is 32.2. The number of likely N-dealkylation sites (N-methyl/N-ethyl adjacent to an activating group) is 1. The number of phosphoric acid groups is 1. The van der Waals surface area contributed by atoms with Gasteiger partial charge >= 0.3 is 13.8 Å². The van der Waals surface area contributed by atoms with Crippen molar-refractivity contribution in [1.29, 1.82) is 0 Å². The van der Waals surface area contributed by atoms with Gasteiger partial charge < -0.3 is 34.2 Å². The molecular formula is C46H87NO10P+. The van der Waals surface area contributed by atoms with Crippen molar-refractivity contribution in [1.82, 2.24) is 0 Å². The van der Waals surface area contributed by atoms with Gasteiger partial charge in [0.2, 0.25) is 0 Å². The minimum absolute atomic E-state index is 0.0433. The average molecular weight is 845 g/mol. The Morgan fingerprint density at radius 2 is 1.33 bits per heavy atom. The van der Waals surface area contributed by atoms with Crippen LogP contribution in [0.25, 0.3) is 0 Å². The number of aliphatic hydroxyl groups is 3. The lowest BCUT2D eigenvalue weighted by Crippen LogP contribution is -2.37. The number of allylic oxidation sites excluding steroid dienone is 4. The molecule has 340 valence electrons. The summed E-state index contributed by atoms with van der Waals surface area (Å²) in [5, 5.41) is 31.4. The average Bonchev–Trinajstić information content (AvgIpc) is 3.43. The highest BCUT2D eigenvalue weighted by Crippen LogP contribution is 2.43. The van der Waals surface area contributed by atoms with Gasteiger partial charge in [0.25, 0.3) is 0 Å². The number of carbonyl (C=O) groups is 1. The highest BCUT2D eigenvalue weighted by molar-refractivity contribution is 7.47. The first kappa shape index (κ1) is 54.6. The SMILES string of the molecule is CCCCCCCC/C=C\CCCCCCCCOCC(COP(=O)(O)OCC[N+](C)(C)C)OC(=O)CCC/C=C\CC1C(O)CC(O)C1/C=C/C(O)CCCCC. The van der Waals surface area contributed by atoms with E-state index in [1.165, 1.54) is 64.2 Å². The molecule has 1 fully saturated rings. The van der Waals surface area contributed by atoms with Crippen LogP contribution in [0, 0.1) is 11.8 Å². The molecule has 0 aliphatic heterocycles. The monoisotopic (exact) mass is 845 g/mol. The first-order valence-electron chi connectivity index (χ1n) is 23.0. The Morgan fingerprint density at radius 1 is 0.741 bits per heavy atom. The summed E-state index contributed by atoms with van der Waals surface area (Å²) in [5.74, 6) is -0.818. The lowest BCUT2D eigenvalue weighted by molar-refractivity contribution is -0.870. The van der Waals surface area contributed by atoms with Gasteiger partial charge in [-0.05, 0) is 63.7 Å². The fourth-order valence-electron chi connectivity index (χ4n) is 7.07. The quantitative estimate of drug-likeness (QED) is 0.0155. The van der Waals surface area contributed by atoms with E-state index in [1.54, 1.807) is 6.08 Å². The molecule has 7 atom stereocenters. The Labute approximate surface area is 353 Å². The molecular weight excluding hydrogens is 757 g/mol. The van der Waals surface area contributed by atoms with E-state index in [4.69, 9.17) is 18.5 Å². The molecule has 12 heteroatoms. The van der Waals surface area contributed by atoms with Crippen LogP contribution >= 0.6 is 7.82 Å². The highest BCUT2D eigenvalue weighted by Gasteiger charge is 2.39. The normalized spacial score (nSPS) is 21.1. The summed E-state index contributed by atoms with van der Waals surface area (Å²) in [5.41, 5.74) is 0. The summed E-state index contributed by atoms with van der Waals surface area (Å²) in [6.07, 6.45) is 32.7. The number of ether oxygens (including phenoxy) is 2. The number of hydrogen-bond acceptors (Lipinski definition) is 9. The fraction of sp³-hybridized carbons (Fsp3) is 0.848. The summed E-state index contributed by atoms with van der Waals surface area (Å²) in [7, 11) is 1.51. The molecule has 0 amide bonds. The second-order valence-corrected chi connectivity index (χ2v) is 18.8. The van der Waals surface area contributed by atoms with E-state index in [0.717, 1.165) is 44.9 Å². The van der Waals surface area contributed by atoms with Crippen molar-refractivity contribution >= 4 is 13.8 Å². The Bertz CT molecular complexity index is 1140. The zero-order valence-corrected chi connectivity index (χ0v) is 38.3. The second kappa shape index (κ2) is 34.2. The topological polar surface area (TPSA) is 152 Å². The van der Waals surface area contributed by atoms with Crippen LogP contribution in [0.15, 0.2) is 36.5 Å². The molecule has 4 N–H and O–H groups in total. The number of rotatable bonds is 38. The molecule has 0 saturated heterocycles. The minimum atomic E-state index is -4.35. The molecule has 1 saturated carbocycles. The number of quaternary nitrogens is 1. The number of hydrogen-bond donors (Lipinski definition) is 4. The van der Waals surface area contributed by atoms with Crippen LogP contribution in [-0.2, 0) is 27.9 Å². The maximum atomic E-state index is 12.8. The molecule has 0 bridgehead atoms. The van der Waals surface area contributed by atoms with Crippen molar-refractivity contribution in [2.45, 2.75) is 186 Å². The van der Waals surface area contributed by atoms with Crippen molar-refractivity contribution in [3.63, 3.8) is 0 Å². The van der Waals surface area contributed by atoms with E-state index in [9.17, 15) is 29.6 Å². The Balaban J connectivity index is 2.45. The van der Waals surface area contributed by atoms with Crippen LogP contribution in [0.1, 0.15) is 162 Å². The minimum Gasteiger partial charge on any atom is -0.457 e. The maximum absolute atomic E-state index is 12.8. The van der Waals surface area contributed by atoms with Gasteiger partial charge in [-0.1, -0.05) is 127 Å². The molecule has 7 unspecified atom stereocenters. The highest BCUT2D eigenvalue weighted by atomic mass is 31.2. The van der Waals surface area contributed by atoms with Crippen LogP contribution < -0.4 is 0 Å². The third kappa shape index (κ3) is 30.6. The molecule has 0 heterocycles. The maximum Gasteiger partial charge on any atom is 0.472 e. The lowest BCUT2D eigenvalue weighted by atomic mass is 9.89. The lowest BCUT2D eigenvalue weighted by Gasteiger charge is -2.24. The zero-order chi connectivity index (χ0) is 42.9.